The molecule has 0 aliphatic rings. The Hall–Kier alpha value is -3.25. The second kappa shape index (κ2) is 9.05. The molecule has 30 heavy (non-hydrogen) atoms. The monoisotopic (exact) mass is 465 g/mol. The number of nitrogen functional groups attached to an aromatic ring is 1. The van der Waals surface area contributed by atoms with Crippen molar-refractivity contribution in [3.63, 3.8) is 0 Å². The van der Waals surface area contributed by atoms with Crippen molar-refractivity contribution in [3.8, 4) is 22.4 Å². The Labute approximate surface area is 185 Å². The number of carbonyl (C=O) groups excluding carboxylic acids is 1. The number of benzene rings is 3. The highest BCUT2D eigenvalue weighted by Gasteiger charge is 2.20. The number of halogens is 2. The lowest BCUT2D eigenvalue weighted by Crippen LogP contribution is -3.00. The maximum absolute atomic E-state index is 13.2. The third-order valence-corrected chi connectivity index (χ3v) is 5.05. The number of imidazole rings is 1. The minimum Gasteiger partial charge on any atom is -1.00 e. The molecular weight excluding hydrogens is 445 g/mol. The molecule has 0 spiro atoms. The molecule has 4 nitrogen and oxygen atoms in total. The van der Waals surface area contributed by atoms with Crippen LogP contribution in [0.3, 0.4) is 0 Å². The Balaban J connectivity index is 0.00000256. The van der Waals surface area contributed by atoms with Crippen LogP contribution in [-0.2, 0) is 13.6 Å². The van der Waals surface area contributed by atoms with E-state index in [0.717, 1.165) is 22.4 Å². The highest BCUT2D eigenvalue weighted by Crippen LogP contribution is 2.21. The first-order valence-electron chi connectivity index (χ1n) is 9.32. The summed E-state index contributed by atoms with van der Waals surface area (Å²) in [6.07, 6.45) is 1.82. The van der Waals surface area contributed by atoms with E-state index in [-0.39, 0.29) is 35.1 Å². The fourth-order valence-corrected chi connectivity index (χ4v) is 3.36. The van der Waals surface area contributed by atoms with Gasteiger partial charge in [0.05, 0.1) is 7.05 Å². The third kappa shape index (κ3) is 4.33. The summed E-state index contributed by atoms with van der Waals surface area (Å²) in [5, 5.41) is 0. The molecular formula is C24H21BrFN3O. The molecule has 0 saturated heterocycles. The van der Waals surface area contributed by atoms with Crippen molar-refractivity contribution in [3.05, 3.63) is 96.4 Å². The average Bonchev–Trinajstić information content (AvgIpc) is 3.03. The number of carbonyl (C=O) groups is 1. The molecule has 0 fully saturated rings. The zero-order chi connectivity index (χ0) is 20.4. The molecule has 0 saturated carbocycles. The van der Waals surface area contributed by atoms with Gasteiger partial charge in [-0.05, 0) is 35.4 Å². The molecule has 1 heterocycles. The largest absolute Gasteiger partial charge is 1.00 e. The van der Waals surface area contributed by atoms with Crippen LogP contribution in [0.15, 0.2) is 85.1 Å². The van der Waals surface area contributed by atoms with Gasteiger partial charge in [0.2, 0.25) is 0 Å². The maximum atomic E-state index is 13.2. The van der Waals surface area contributed by atoms with Gasteiger partial charge in [-0.15, -0.1) is 0 Å². The Kier molecular flexibility index (Phi) is 6.47. The number of rotatable bonds is 5. The van der Waals surface area contributed by atoms with E-state index in [9.17, 15) is 9.18 Å². The number of hydrogen-bond donors (Lipinski definition) is 1. The number of nitrogens with zero attached hydrogens (tertiary/aromatic N) is 2. The van der Waals surface area contributed by atoms with Crippen LogP contribution in [0.5, 0.6) is 0 Å². The summed E-state index contributed by atoms with van der Waals surface area (Å²) >= 11 is 0. The van der Waals surface area contributed by atoms with Gasteiger partial charge < -0.3 is 17.0 Å². The summed E-state index contributed by atoms with van der Waals surface area (Å²) in [5.74, 6) is 0.133. The van der Waals surface area contributed by atoms with Crippen molar-refractivity contribution >= 4 is 11.7 Å². The molecule has 0 radical (unpaired) electrons. The van der Waals surface area contributed by atoms with Crippen LogP contribution in [0.1, 0.15) is 10.4 Å². The predicted octanol–water partition coefficient (Wildman–Crippen LogP) is 1.25. The van der Waals surface area contributed by atoms with Crippen LogP contribution in [-0.4, -0.2) is 10.4 Å². The SMILES string of the molecule is Cn1c(-c2ccc(F)cc2)c[n+](CC(=O)c2ccc(-c3ccccc3)cc2)c1N.[Br-]. The number of ketones is 1. The van der Waals surface area contributed by atoms with Crippen molar-refractivity contribution in [1.29, 1.82) is 0 Å². The number of anilines is 1. The van der Waals surface area contributed by atoms with Crippen LogP contribution >= 0.6 is 0 Å². The first-order valence-corrected chi connectivity index (χ1v) is 9.32. The number of Topliss-reactive ketones (excluding diaryl/α,β-unsaturated/α-hetero) is 1. The van der Waals surface area contributed by atoms with Gasteiger partial charge in [-0.2, -0.15) is 0 Å². The molecule has 0 aliphatic heterocycles. The minimum atomic E-state index is -0.294. The van der Waals surface area contributed by atoms with Gasteiger partial charge in [0.25, 0.3) is 0 Å². The standard InChI is InChI=1S/C24H20FN3O.BrH/c1-27-22(19-11-13-21(25)14-12-19)15-28(24(27)26)16-23(29)20-9-7-18(8-10-20)17-5-3-2-4-6-17;/h2-15,26H,16H2,1H3;1H. The molecule has 0 aliphatic carbocycles. The average molecular weight is 466 g/mol. The lowest BCUT2D eigenvalue weighted by molar-refractivity contribution is -0.667. The molecule has 152 valence electrons. The Bertz CT molecular complexity index is 1150. The normalized spacial score (nSPS) is 10.5. The summed E-state index contributed by atoms with van der Waals surface area (Å²) in [6, 6.07) is 23.8. The van der Waals surface area contributed by atoms with E-state index in [1.807, 2.05) is 67.8 Å². The zero-order valence-corrected chi connectivity index (χ0v) is 18.0. The number of nitrogens with two attached hydrogens (primary N) is 1. The summed E-state index contributed by atoms with van der Waals surface area (Å²) in [4.78, 5) is 12.8. The van der Waals surface area contributed by atoms with Gasteiger partial charge in [0.1, 0.15) is 24.3 Å². The molecule has 1 aromatic heterocycles. The van der Waals surface area contributed by atoms with E-state index in [1.54, 1.807) is 21.3 Å². The van der Waals surface area contributed by atoms with E-state index in [1.165, 1.54) is 12.1 Å². The van der Waals surface area contributed by atoms with Crippen molar-refractivity contribution in [2.75, 3.05) is 5.73 Å². The fourth-order valence-electron chi connectivity index (χ4n) is 3.36. The lowest BCUT2D eigenvalue weighted by atomic mass is 10.0. The topological polar surface area (TPSA) is 51.9 Å². The van der Waals surface area contributed by atoms with E-state index >= 15 is 0 Å². The summed E-state index contributed by atoms with van der Waals surface area (Å²) in [7, 11) is 1.82. The van der Waals surface area contributed by atoms with Crippen LogP contribution in [0.2, 0.25) is 0 Å². The van der Waals surface area contributed by atoms with Crippen molar-refractivity contribution in [2.24, 2.45) is 7.05 Å². The van der Waals surface area contributed by atoms with E-state index < -0.39 is 0 Å². The van der Waals surface area contributed by atoms with Gasteiger partial charge >= 0.3 is 5.95 Å². The summed E-state index contributed by atoms with van der Waals surface area (Å²) < 4.78 is 16.7. The second-order valence-corrected chi connectivity index (χ2v) is 6.93. The quantitative estimate of drug-likeness (QED) is 0.356. The van der Waals surface area contributed by atoms with Crippen molar-refractivity contribution < 1.29 is 30.7 Å². The van der Waals surface area contributed by atoms with Gasteiger partial charge in [0.15, 0.2) is 5.78 Å². The van der Waals surface area contributed by atoms with Crippen molar-refractivity contribution in [2.45, 2.75) is 6.54 Å². The Morgan fingerprint density at radius 3 is 2.10 bits per heavy atom. The Morgan fingerprint density at radius 1 is 0.900 bits per heavy atom. The van der Waals surface area contributed by atoms with Gasteiger partial charge in [0, 0.05) is 11.1 Å². The predicted molar refractivity (Wildman–Crippen MR) is 112 cm³/mol. The van der Waals surface area contributed by atoms with Crippen LogP contribution < -0.4 is 27.3 Å². The first kappa shape index (κ1) is 21.5. The van der Waals surface area contributed by atoms with Crippen molar-refractivity contribution in [1.82, 2.24) is 4.57 Å². The summed E-state index contributed by atoms with van der Waals surface area (Å²) in [5.41, 5.74) is 10.6. The molecule has 0 unspecified atom stereocenters. The smallest absolute Gasteiger partial charge is 0.355 e. The third-order valence-electron chi connectivity index (χ3n) is 5.05. The van der Waals surface area contributed by atoms with Gasteiger partial charge in [-0.25, -0.2) is 13.5 Å². The highest BCUT2D eigenvalue weighted by atomic mass is 79.9. The molecule has 2 N–H and O–H groups in total. The number of hydrogen-bond acceptors (Lipinski definition) is 2. The Morgan fingerprint density at radius 2 is 1.47 bits per heavy atom. The number of aromatic nitrogens is 2. The molecule has 0 amide bonds. The van der Waals surface area contributed by atoms with E-state index in [4.69, 9.17) is 5.73 Å². The molecule has 4 aromatic rings. The summed E-state index contributed by atoms with van der Waals surface area (Å²) in [6.45, 7) is 0.131. The van der Waals surface area contributed by atoms with E-state index in [2.05, 4.69) is 0 Å². The molecule has 3 aromatic carbocycles. The van der Waals surface area contributed by atoms with E-state index in [0.29, 0.717) is 11.5 Å². The molecule has 4 rings (SSSR count). The van der Waals surface area contributed by atoms with Gasteiger partial charge in [-0.3, -0.25) is 10.5 Å². The van der Waals surface area contributed by atoms with Crippen LogP contribution in [0.25, 0.3) is 22.4 Å². The van der Waals surface area contributed by atoms with Gasteiger partial charge in [-0.1, -0.05) is 54.6 Å². The minimum absolute atomic E-state index is 0. The lowest BCUT2D eigenvalue weighted by Gasteiger charge is -2.04. The molecule has 6 heteroatoms. The zero-order valence-electron chi connectivity index (χ0n) is 16.4. The molecule has 0 bridgehead atoms. The highest BCUT2D eigenvalue weighted by molar-refractivity contribution is 5.95. The van der Waals surface area contributed by atoms with Crippen LogP contribution in [0.4, 0.5) is 10.3 Å². The fraction of sp³-hybridized carbons (Fsp3) is 0.0833. The first-order chi connectivity index (χ1) is 14.0. The molecule has 0 atom stereocenters. The maximum Gasteiger partial charge on any atom is 0.355 e. The second-order valence-electron chi connectivity index (χ2n) is 6.93. The van der Waals surface area contributed by atoms with Crippen LogP contribution in [0, 0.1) is 5.82 Å².